The topological polar surface area (TPSA) is 141 Å². The molecule has 0 spiro atoms. The Kier molecular flexibility index (Phi) is 6.06. The molecule has 0 amide bonds. The summed E-state index contributed by atoms with van der Waals surface area (Å²) >= 11 is 0. The van der Waals surface area contributed by atoms with Crippen LogP contribution < -0.4 is 0 Å². The van der Waals surface area contributed by atoms with Gasteiger partial charge in [0.2, 0.25) is 0 Å². The van der Waals surface area contributed by atoms with E-state index in [2.05, 4.69) is 4.74 Å². The maximum Gasteiger partial charge on any atom is 0.304 e. The lowest BCUT2D eigenvalue weighted by Crippen LogP contribution is -2.60. The highest BCUT2D eigenvalue weighted by Gasteiger charge is 2.50. The number of rotatable bonds is 7. The van der Waals surface area contributed by atoms with Crippen LogP contribution in [0.3, 0.4) is 0 Å². The summed E-state index contributed by atoms with van der Waals surface area (Å²) in [6.07, 6.45) is -6.16. The molecule has 8 nitrogen and oxygen atoms in total. The third-order valence-corrected chi connectivity index (χ3v) is 2.38. The Hall–Kier alpha value is -1.35. The molecule has 18 heavy (non-hydrogen) atoms. The first kappa shape index (κ1) is 16.6. The maximum atomic E-state index is 11.4. The molecule has 0 saturated heterocycles. The Morgan fingerprint density at radius 1 is 1.28 bits per heavy atom. The fourth-order valence-corrected chi connectivity index (χ4v) is 1.33. The van der Waals surface area contributed by atoms with Crippen LogP contribution in [0.2, 0.25) is 0 Å². The van der Waals surface area contributed by atoms with Gasteiger partial charge in [-0.1, -0.05) is 0 Å². The Morgan fingerprint density at radius 3 is 2.06 bits per heavy atom. The molecule has 0 rings (SSSR count). The number of aliphatic hydroxyl groups excluding tert-OH is 4. The van der Waals surface area contributed by atoms with Gasteiger partial charge in [-0.3, -0.25) is 14.4 Å². The fourth-order valence-electron chi connectivity index (χ4n) is 1.33. The molecule has 0 fully saturated rings. The zero-order chi connectivity index (χ0) is 14.5. The molecule has 4 N–H and O–H groups in total. The van der Waals surface area contributed by atoms with Crippen molar-refractivity contribution in [1.29, 1.82) is 0 Å². The first-order valence-electron chi connectivity index (χ1n) is 5.05. The second-order valence-corrected chi connectivity index (χ2v) is 3.75. The monoisotopic (exact) mass is 264 g/mol. The van der Waals surface area contributed by atoms with Gasteiger partial charge >= 0.3 is 5.97 Å². The van der Waals surface area contributed by atoms with Crippen LogP contribution in [0.25, 0.3) is 0 Å². The lowest BCUT2D eigenvalue weighted by Gasteiger charge is -2.33. The number of hydrogen-bond acceptors (Lipinski definition) is 8. The van der Waals surface area contributed by atoms with Crippen molar-refractivity contribution in [3.63, 3.8) is 0 Å². The smallest absolute Gasteiger partial charge is 0.304 e. The summed E-state index contributed by atoms with van der Waals surface area (Å²) in [5.41, 5.74) is -2.61. The van der Waals surface area contributed by atoms with Crippen LogP contribution in [0.5, 0.6) is 0 Å². The van der Waals surface area contributed by atoms with E-state index in [1.54, 1.807) is 0 Å². The molecule has 0 heterocycles. The molecule has 0 unspecified atom stereocenters. The molecule has 0 aliphatic rings. The summed E-state index contributed by atoms with van der Waals surface area (Å²) < 4.78 is 4.47. The van der Waals surface area contributed by atoms with Crippen LogP contribution >= 0.6 is 0 Å². The predicted octanol–water partition coefficient (Wildman–Crippen LogP) is -2.85. The van der Waals surface area contributed by atoms with Crippen molar-refractivity contribution in [3.05, 3.63) is 0 Å². The number of esters is 1. The summed E-state index contributed by atoms with van der Waals surface area (Å²) in [5, 5.41) is 36.9. The second kappa shape index (κ2) is 6.55. The summed E-state index contributed by atoms with van der Waals surface area (Å²) in [6.45, 7) is 0.868. The molecular formula is C10H16O8. The average Bonchev–Trinajstić information content (AvgIpc) is 2.32. The van der Waals surface area contributed by atoms with Crippen LogP contribution in [0.15, 0.2) is 0 Å². The van der Waals surface area contributed by atoms with Crippen molar-refractivity contribution in [1.82, 2.24) is 0 Å². The summed E-state index contributed by atoms with van der Waals surface area (Å²) in [5.74, 6) is -2.05. The highest BCUT2D eigenvalue weighted by Crippen LogP contribution is 2.20. The lowest BCUT2D eigenvalue weighted by atomic mass is 9.88. The van der Waals surface area contributed by atoms with Gasteiger partial charge in [-0.15, -0.1) is 0 Å². The zero-order valence-electron chi connectivity index (χ0n) is 9.94. The number of ketones is 1. The highest BCUT2D eigenvalue weighted by molar-refractivity contribution is 6.02. The predicted molar refractivity (Wildman–Crippen MR) is 56.3 cm³/mol. The molecule has 0 saturated carbocycles. The van der Waals surface area contributed by atoms with Crippen molar-refractivity contribution >= 4 is 18.0 Å². The number of aldehydes is 1. The summed E-state index contributed by atoms with van der Waals surface area (Å²) in [7, 11) is 0. The van der Waals surface area contributed by atoms with Crippen LogP contribution in [0.1, 0.15) is 13.8 Å². The van der Waals surface area contributed by atoms with E-state index in [1.807, 2.05) is 0 Å². The van der Waals surface area contributed by atoms with Gasteiger partial charge in [0.1, 0.15) is 18.3 Å². The van der Waals surface area contributed by atoms with E-state index >= 15 is 0 Å². The zero-order valence-corrected chi connectivity index (χ0v) is 9.94. The number of ether oxygens (including phenoxy) is 1. The second-order valence-electron chi connectivity index (χ2n) is 3.75. The van der Waals surface area contributed by atoms with Gasteiger partial charge in [0.15, 0.2) is 12.1 Å². The van der Waals surface area contributed by atoms with Crippen molar-refractivity contribution in [2.45, 2.75) is 37.8 Å². The maximum absolute atomic E-state index is 11.4. The third-order valence-electron chi connectivity index (χ3n) is 2.38. The number of carbonyl (C=O) groups excluding carboxylic acids is 3. The van der Waals surface area contributed by atoms with E-state index < -0.39 is 42.3 Å². The van der Waals surface area contributed by atoms with E-state index in [-0.39, 0.29) is 6.29 Å². The first-order chi connectivity index (χ1) is 8.22. The largest absolute Gasteiger partial charge is 0.440 e. The molecule has 0 aromatic rings. The highest BCUT2D eigenvalue weighted by atomic mass is 16.6. The van der Waals surface area contributed by atoms with Crippen molar-refractivity contribution < 1.29 is 39.5 Å². The Morgan fingerprint density at radius 2 is 1.78 bits per heavy atom. The fraction of sp³-hybridized carbons (Fsp3) is 0.700. The minimum Gasteiger partial charge on any atom is -0.440 e. The molecular weight excluding hydrogens is 248 g/mol. The van der Waals surface area contributed by atoms with Gasteiger partial charge in [-0.05, 0) is 6.92 Å². The molecule has 4 atom stereocenters. The van der Waals surface area contributed by atoms with Gasteiger partial charge < -0.3 is 25.2 Å². The van der Waals surface area contributed by atoms with Crippen molar-refractivity contribution in [2.24, 2.45) is 0 Å². The molecule has 104 valence electrons. The van der Waals surface area contributed by atoms with Crippen LogP contribution in [0, 0.1) is 0 Å². The van der Waals surface area contributed by atoms with Crippen LogP contribution in [-0.4, -0.2) is 69.0 Å². The van der Waals surface area contributed by atoms with Crippen molar-refractivity contribution in [2.75, 3.05) is 6.61 Å². The van der Waals surface area contributed by atoms with Gasteiger partial charge in [0.25, 0.3) is 5.60 Å². The quantitative estimate of drug-likeness (QED) is 0.219. The van der Waals surface area contributed by atoms with E-state index in [0.29, 0.717) is 0 Å². The minimum atomic E-state index is -2.61. The summed E-state index contributed by atoms with van der Waals surface area (Å²) in [4.78, 5) is 33.2. The molecule has 0 bridgehead atoms. The molecule has 0 aromatic heterocycles. The molecule has 0 aliphatic carbocycles. The Bertz CT molecular complexity index is 328. The first-order valence-corrected chi connectivity index (χ1v) is 5.05. The van der Waals surface area contributed by atoms with Crippen molar-refractivity contribution in [3.8, 4) is 0 Å². The third kappa shape index (κ3) is 3.33. The van der Waals surface area contributed by atoms with E-state index in [1.165, 1.54) is 0 Å². The molecule has 0 aliphatic heterocycles. The number of aliphatic hydroxyl groups is 4. The van der Waals surface area contributed by atoms with E-state index in [4.69, 9.17) is 10.2 Å². The number of carbonyl (C=O) groups is 3. The normalized spacial score (nSPS) is 19.2. The minimum absolute atomic E-state index is 0.130. The van der Waals surface area contributed by atoms with Gasteiger partial charge in [0, 0.05) is 6.92 Å². The lowest BCUT2D eigenvalue weighted by molar-refractivity contribution is -0.192. The molecule has 0 aromatic carbocycles. The van der Waals surface area contributed by atoms with Crippen LogP contribution in [0.4, 0.5) is 0 Å². The number of Topliss-reactive ketones (excluding diaryl/α,β-unsaturated/α-hetero) is 1. The van der Waals surface area contributed by atoms with Crippen LogP contribution in [-0.2, 0) is 19.1 Å². The summed E-state index contributed by atoms with van der Waals surface area (Å²) in [6, 6.07) is 0. The van der Waals surface area contributed by atoms with Gasteiger partial charge in [-0.25, -0.2) is 0 Å². The standard InChI is InChI=1S/C10H16O8/c1-5(13)10(4-12,18-6(2)14)9(17)8(16)7(15)3-11/h4,7-9,11,15-17H,3H2,1-2H3/t7-,8-,9+,10-/m1/s1. The van der Waals surface area contributed by atoms with Gasteiger partial charge in [0.05, 0.1) is 6.61 Å². The molecule has 8 heteroatoms. The average molecular weight is 264 g/mol. The number of hydrogen-bond donors (Lipinski definition) is 4. The Labute approximate surface area is 103 Å². The van der Waals surface area contributed by atoms with E-state index in [0.717, 1.165) is 13.8 Å². The van der Waals surface area contributed by atoms with Gasteiger partial charge in [-0.2, -0.15) is 0 Å². The van der Waals surface area contributed by atoms with E-state index in [9.17, 15) is 24.6 Å². The Balaban J connectivity index is 5.36. The SMILES string of the molecule is CC(=O)O[C@](C=O)(C(C)=O)[C@@H](O)[C@H](O)[C@H](O)CO. The molecule has 0 radical (unpaired) electrons.